The average molecular weight is 379 g/mol. The molecule has 0 bridgehead atoms. The summed E-state index contributed by atoms with van der Waals surface area (Å²) in [7, 11) is 3.65. The van der Waals surface area contributed by atoms with E-state index in [9.17, 15) is 4.79 Å². The number of nitrogens with one attached hydrogen (secondary N) is 3. The fourth-order valence-corrected chi connectivity index (χ4v) is 3.72. The quantitative estimate of drug-likeness (QED) is 0.608. The molecule has 1 aliphatic rings. The lowest BCUT2D eigenvalue weighted by atomic mass is 9.94. The van der Waals surface area contributed by atoms with E-state index in [2.05, 4.69) is 31.8 Å². The number of hydrogen-bond acceptors (Lipinski definition) is 5. The number of aromatic nitrogens is 2. The van der Waals surface area contributed by atoms with Crippen molar-refractivity contribution in [2.75, 3.05) is 20.2 Å². The van der Waals surface area contributed by atoms with E-state index in [4.69, 9.17) is 4.74 Å². The Balaban J connectivity index is 1.37. The average Bonchev–Trinajstić information content (AvgIpc) is 3.34. The zero-order valence-electron chi connectivity index (χ0n) is 16.1. The lowest BCUT2D eigenvalue weighted by Gasteiger charge is -2.18. The second-order valence-electron chi connectivity index (χ2n) is 7.00. The molecule has 0 saturated carbocycles. The highest BCUT2D eigenvalue weighted by Gasteiger charge is 2.33. The fraction of sp³-hybridized carbons (Fsp3) is 0.333. The maximum atomic E-state index is 12.8. The predicted molar refractivity (Wildman–Crippen MR) is 108 cm³/mol. The van der Waals surface area contributed by atoms with E-state index in [0.29, 0.717) is 19.5 Å². The van der Waals surface area contributed by atoms with Crippen molar-refractivity contribution in [3.05, 3.63) is 59.9 Å². The highest BCUT2D eigenvalue weighted by molar-refractivity contribution is 5.80. The third-order valence-electron chi connectivity index (χ3n) is 5.32. The van der Waals surface area contributed by atoms with Crippen molar-refractivity contribution in [2.45, 2.75) is 12.5 Å². The van der Waals surface area contributed by atoms with Gasteiger partial charge >= 0.3 is 0 Å². The summed E-state index contributed by atoms with van der Waals surface area (Å²) in [6.07, 6.45) is 0.692. The monoisotopic (exact) mass is 379 g/mol. The van der Waals surface area contributed by atoms with E-state index in [1.165, 1.54) is 0 Å². The minimum atomic E-state index is -0.172. The molecule has 28 heavy (non-hydrogen) atoms. The van der Waals surface area contributed by atoms with Crippen molar-refractivity contribution < 1.29 is 9.53 Å². The molecule has 7 nitrogen and oxygen atoms in total. The summed E-state index contributed by atoms with van der Waals surface area (Å²) in [6, 6.07) is 15.8. The van der Waals surface area contributed by atoms with Gasteiger partial charge in [0.1, 0.15) is 11.6 Å². The highest BCUT2D eigenvalue weighted by atomic mass is 16.5. The standard InChI is InChI=1S/C21H25N5O2/c1-26-18-6-4-3-5-17(18)24-19(26)11-12-22-21(27)16-13-23-25-20(16)14-7-9-15(28-2)10-8-14/h3-10,16,20,23,25H,11-13H2,1-2H3,(H,22,27). The zero-order chi connectivity index (χ0) is 19.5. The molecule has 1 aliphatic heterocycles. The first-order valence-corrected chi connectivity index (χ1v) is 9.48. The van der Waals surface area contributed by atoms with Crippen LogP contribution in [-0.2, 0) is 18.3 Å². The van der Waals surface area contributed by atoms with E-state index < -0.39 is 0 Å². The smallest absolute Gasteiger partial charge is 0.226 e. The van der Waals surface area contributed by atoms with Crippen molar-refractivity contribution in [3.63, 3.8) is 0 Å². The highest BCUT2D eigenvalue weighted by Crippen LogP contribution is 2.26. The molecule has 7 heteroatoms. The van der Waals surface area contributed by atoms with Gasteiger partial charge in [-0.15, -0.1) is 0 Å². The first-order valence-electron chi connectivity index (χ1n) is 9.48. The number of rotatable bonds is 6. The number of nitrogens with zero attached hydrogens (tertiary/aromatic N) is 2. The van der Waals surface area contributed by atoms with Gasteiger partial charge in [-0.1, -0.05) is 24.3 Å². The topological polar surface area (TPSA) is 80.2 Å². The summed E-state index contributed by atoms with van der Waals surface area (Å²) in [5.74, 6) is 1.64. The molecule has 0 spiro atoms. The molecule has 3 aromatic rings. The molecular formula is C21H25N5O2. The molecule has 4 rings (SSSR count). The van der Waals surface area contributed by atoms with E-state index in [0.717, 1.165) is 28.2 Å². The van der Waals surface area contributed by atoms with Gasteiger partial charge in [0.15, 0.2) is 0 Å². The van der Waals surface area contributed by atoms with Gasteiger partial charge in [0, 0.05) is 26.6 Å². The van der Waals surface area contributed by atoms with Crippen LogP contribution in [0.2, 0.25) is 0 Å². The van der Waals surface area contributed by atoms with E-state index in [1.54, 1.807) is 7.11 Å². The Morgan fingerprint density at radius 3 is 2.79 bits per heavy atom. The normalized spacial score (nSPS) is 19.1. The number of ether oxygens (including phenoxy) is 1. The Morgan fingerprint density at radius 1 is 1.25 bits per heavy atom. The predicted octanol–water partition coefficient (Wildman–Crippen LogP) is 1.71. The van der Waals surface area contributed by atoms with Gasteiger partial charge in [-0.05, 0) is 29.8 Å². The van der Waals surface area contributed by atoms with E-state index in [-0.39, 0.29) is 17.9 Å². The Labute approximate surface area is 164 Å². The van der Waals surface area contributed by atoms with Gasteiger partial charge in [-0.2, -0.15) is 0 Å². The van der Waals surface area contributed by atoms with E-state index >= 15 is 0 Å². The molecule has 3 N–H and O–H groups in total. The number of amides is 1. The number of benzene rings is 2. The number of carbonyl (C=O) groups is 1. The molecule has 1 amide bonds. The summed E-state index contributed by atoms with van der Waals surface area (Å²) in [6.45, 7) is 1.15. The largest absolute Gasteiger partial charge is 0.497 e. The molecule has 1 aromatic heterocycles. The van der Waals surface area contributed by atoms with Gasteiger partial charge in [-0.3, -0.25) is 10.2 Å². The van der Waals surface area contributed by atoms with Gasteiger partial charge in [0.2, 0.25) is 5.91 Å². The minimum Gasteiger partial charge on any atom is -0.497 e. The van der Waals surface area contributed by atoms with E-state index in [1.807, 2.05) is 49.5 Å². The summed E-state index contributed by atoms with van der Waals surface area (Å²) < 4.78 is 7.29. The molecule has 1 saturated heterocycles. The van der Waals surface area contributed by atoms with Crippen molar-refractivity contribution in [2.24, 2.45) is 13.0 Å². The maximum Gasteiger partial charge on any atom is 0.226 e. The van der Waals surface area contributed by atoms with Crippen molar-refractivity contribution >= 4 is 16.9 Å². The Morgan fingerprint density at radius 2 is 2.04 bits per heavy atom. The molecule has 2 unspecified atom stereocenters. The Bertz CT molecular complexity index is 967. The third-order valence-corrected chi connectivity index (χ3v) is 5.32. The van der Waals surface area contributed by atoms with Crippen LogP contribution in [0.3, 0.4) is 0 Å². The molecule has 146 valence electrons. The van der Waals surface area contributed by atoms with Crippen molar-refractivity contribution in [3.8, 4) is 5.75 Å². The molecule has 2 aromatic carbocycles. The second-order valence-corrected chi connectivity index (χ2v) is 7.00. The zero-order valence-corrected chi connectivity index (χ0v) is 16.1. The minimum absolute atomic E-state index is 0.0390. The van der Waals surface area contributed by atoms with Gasteiger partial charge in [0.05, 0.1) is 30.1 Å². The molecule has 1 fully saturated rings. The maximum absolute atomic E-state index is 12.8. The van der Waals surface area contributed by atoms with Crippen LogP contribution in [0.1, 0.15) is 17.4 Å². The number of imidazole rings is 1. The summed E-state index contributed by atoms with van der Waals surface area (Å²) in [4.78, 5) is 17.4. The van der Waals surface area contributed by atoms with Crippen molar-refractivity contribution in [1.29, 1.82) is 0 Å². The number of methoxy groups -OCH3 is 1. The van der Waals surface area contributed by atoms with Gasteiger partial charge < -0.3 is 14.6 Å². The lowest BCUT2D eigenvalue weighted by Crippen LogP contribution is -2.36. The number of para-hydroxylation sites is 2. The molecule has 2 atom stereocenters. The number of carbonyl (C=O) groups excluding carboxylic acids is 1. The summed E-state index contributed by atoms with van der Waals surface area (Å²) in [5, 5.41) is 3.07. The van der Waals surface area contributed by atoms with Crippen LogP contribution >= 0.6 is 0 Å². The van der Waals surface area contributed by atoms with Crippen LogP contribution in [0.25, 0.3) is 11.0 Å². The van der Waals surface area contributed by atoms with Gasteiger partial charge in [-0.25, -0.2) is 10.4 Å². The summed E-state index contributed by atoms with van der Waals surface area (Å²) >= 11 is 0. The second kappa shape index (κ2) is 8.00. The number of aryl methyl sites for hydroxylation is 1. The SMILES string of the molecule is COc1ccc(C2NNCC2C(=O)NCCc2nc3ccccc3n2C)cc1. The Hall–Kier alpha value is -2.90. The van der Waals surface area contributed by atoms with Crippen LogP contribution in [0.15, 0.2) is 48.5 Å². The number of hydrogen-bond donors (Lipinski definition) is 3. The number of hydrazine groups is 1. The van der Waals surface area contributed by atoms with Crippen LogP contribution in [0.5, 0.6) is 5.75 Å². The number of fused-ring (bicyclic) bond motifs is 1. The van der Waals surface area contributed by atoms with Crippen LogP contribution in [-0.4, -0.2) is 35.7 Å². The van der Waals surface area contributed by atoms with Gasteiger partial charge in [0.25, 0.3) is 0 Å². The molecule has 0 radical (unpaired) electrons. The third kappa shape index (κ3) is 3.58. The first kappa shape index (κ1) is 18.5. The molecule has 2 heterocycles. The summed E-state index contributed by atoms with van der Waals surface area (Å²) in [5.41, 5.74) is 9.46. The Kier molecular flexibility index (Phi) is 5.27. The fourth-order valence-electron chi connectivity index (χ4n) is 3.72. The molecule has 0 aliphatic carbocycles. The molecular weight excluding hydrogens is 354 g/mol. The van der Waals surface area contributed by atoms with Crippen LogP contribution in [0.4, 0.5) is 0 Å². The van der Waals surface area contributed by atoms with Crippen LogP contribution in [0, 0.1) is 5.92 Å². The first-order chi connectivity index (χ1) is 13.7. The van der Waals surface area contributed by atoms with Crippen LogP contribution < -0.4 is 20.9 Å². The van der Waals surface area contributed by atoms with Crippen molar-refractivity contribution in [1.82, 2.24) is 25.7 Å². The lowest BCUT2D eigenvalue weighted by molar-refractivity contribution is -0.124.